The summed E-state index contributed by atoms with van der Waals surface area (Å²) in [5, 5.41) is 2.98. The molecule has 1 N–H and O–H groups in total. The Bertz CT molecular complexity index is 918. The Balaban J connectivity index is 1.51. The van der Waals surface area contributed by atoms with Crippen molar-refractivity contribution in [2.24, 2.45) is 0 Å². The van der Waals surface area contributed by atoms with Crippen LogP contribution in [0.3, 0.4) is 0 Å². The highest BCUT2D eigenvalue weighted by atomic mass is 16.4. The van der Waals surface area contributed by atoms with E-state index >= 15 is 0 Å². The molecule has 3 aromatic rings. The second-order valence-corrected chi connectivity index (χ2v) is 6.68. The first-order valence-corrected chi connectivity index (χ1v) is 8.65. The van der Waals surface area contributed by atoms with Crippen molar-refractivity contribution >= 4 is 28.8 Å². The first-order chi connectivity index (χ1) is 12.6. The fourth-order valence-corrected chi connectivity index (χ4v) is 2.80. The van der Waals surface area contributed by atoms with Crippen molar-refractivity contribution in [1.29, 1.82) is 0 Å². The summed E-state index contributed by atoms with van der Waals surface area (Å²) in [5.74, 6) is 0. The number of hydrogen-bond acceptors (Lipinski definition) is 5. The van der Waals surface area contributed by atoms with Gasteiger partial charge in [-0.2, -0.15) is 4.98 Å². The summed E-state index contributed by atoms with van der Waals surface area (Å²) in [7, 11) is 3.75. The number of anilines is 2. The molecule has 0 spiro atoms. The minimum atomic E-state index is -0.117. The van der Waals surface area contributed by atoms with Gasteiger partial charge in [0.1, 0.15) is 5.52 Å². The van der Waals surface area contributed by atoms with Gasteiger partial charge in [0.2, 0.25) is 0 Å². The van der Waals surface area contributed by atoms with Gasteiger partial charge in [0, 0.05) is 32.0 Å². The molecule has 2 heterocycles. The van der Waals surface area contributed by atoms with E-state index in [0.29, 0.717) is 29.3 Å². The molecule has 1 aromatic carbocycles. The zero-order valence-corrected chi connectivity index (χ0v) is 14.8. The Morgan fingerprint density at radius 2 is 2.12 bits per heavy atom. The van der Waals surface area contributed by atoms with E-state index in [1.165, 1.54) is 0 Å². The lowest BCUT2D eigenvalue weighted by Crippen LogP contribution is -2.36. The van der Waals surface area contributed by atoms with Crippen LogP contribution >= 0.6 is 0 Å². The topological polar surface area (TPSA) is 74.5 Å². The Labute approximate surface area is 151 Å². The lowest BCUT2D eigenvalue weighted by atomic mass is 10.3. The van der Waals surface area contributed by atoms with Crippen molar-refractivity contribution in [3.8, 4) is 0 Å². The number of rotatable bonds is 5. The maximum atomic E-state index is 12.8. The Morgan fingerprint density at radius 1 is 1.27 bits per heavy atom. The number of benzene rings is 1. The summed E-state index contributed by atoms with van der Waals surface area (Å²) < 4.78 is 5.65. The van der Waals surface area contributed by atoms with Gasteiger partial charge in [-0.05, 0) is 43.2 Å². The molecule has 2 aromatic heterocycles. The predicted octanol–water partition coefficient (Wildman–Crippen LogP) is 3.49. The zero-order chi connectivity index (χ0) is 18.1. The number of urea groups is 1. The van der Waals surface area contributed by atoms with Gasteiger partial charge in [-0.25, -0.2) is 4.79 Å². The largest absolute Gasteiger partial charge is 0.423 e. The van der Waals surface area contributed by atoms with Crippen LogP contribution in [0.5, 0.6) is 0 Å². The van der Waals surface area contributed by atoms with Crippen LogP contribution < -0.4 is 10.2 Å². The van der Waals surface area contributed by atoms with Crippen LogP contribution in [-0.2, 0) is 6.54 Å². The lowest BCUT2D eigenvalue weighted by Gasteiger charge is -2.22. The van der Waals surface area contributed by atoms with Crippen LogP contribution in [0.1, 0.15) is 18.5 Å². The normalized spacial score (nSPS) is 13.6. The molecule has 1 saturated carbocycles. The molecule has 0 bridgehead atoms. The third-order valence-corrected chi connectivity index (χ3v) is 4.32. The highest BCUT2D eigenvalue weighted by Gasteiger charge is 2.33. The Kier molecular flexibility index (Phi) is 4.20. The van der Waals surface area contributed by atoms with E-state index in [2.05, 4.69) is 15.3 Å². The molecule has 134 valence electrons. The van der Waals surface area contributed by atoms with E-state index in [4.69, 9.17) is 4.42 Å². The monoisotopic (exact) mass is 351 g/mol. The minimum Gasteiger partial charge on any atom is -0.423 e. The molecular formula is C19H21N5O2. The highest BCUT2D eigenvalue weighted by Crippen LogP contribution is 2.29. The number of aromatic nitrogens is 2. The number of nitrogens with zero attached hydrogens (tertiary/aromatic N) is 4. The van der Waals surface area contributed by atoms with E-state index in [9.17, 15) is 4.79 Å². The Hall–Kier alpha value is -3.09. The van der Waals surface area contributed by atoms with Gasteiger partial charge in [0.15, 0.2) is 5.58 Å². The van der Waals surface area contributed by atoms with Gasteiger partial charge in [-0.3, -0.25) is 4.98 Å². The molecule has 2 amide bonds. The number of carbonyl (C=O) groups excluding carboxylic acids is 1. The van der Waals surface area contributed by atoms with Crippen molar-refractivity contribution in [2.75, 3.05) is 24.3 Å². The summed E-state index contributed by atoms with van der Waals surface area (Å²) >= 11 is 0. The molecule has 0 radical (unpaired) electrons. The maximum Gasteiger partial charge on any atom is 0.322 e. The van der Waals surface area contributed by atoms with Crippen LogP contribution in [0.2, 0.25) is 0 Å². The van der Waals surface area contributed by atoms with Crippen LogP contribution in [0.4, 0.5) is 16.5 Å². The number of amides is 2. The molecule has 7 nitrogen and oxygen atoms in total. The molecule has 0 saturated heterocycles. The van der Waals surface area contributed by atoms with E-state index in [0.717, 1.165) is 18.5 Å². The van der Waals surface area contributed by atoms with Crippen molar-refractivity contribution in [1.82, 2.24) is 14.9 Å². The molecule has 0 atom stereocenters. The zero-order valence-electron chi connectivity index (χ0n) is 14.8. The molecule has 1 aliphatic carbocycles. The quantitative estimate of drug-likeness (QED) is 0.762. The summed E-state index contributed by atoms with van der Waals surface area (Å²) in [6.45, 7) is 0.508. The van der Waals surface area contributed by atoms with E-state index in [1.807, 2.05) is 55.4 Å². The first kappa shape index (κ1) is 16.4. The average molecular weight is 351 g/mol. The fraction of sp³-hybridized carbons (Fsp3) is 0.316. The van der Waals surface area contributed by atoms with Gasteiger partial charge in [-0.15, -0.1) is 0 Å². The molecule has 0 unspecified atom stereocenters. The standard InChI is InChI=1S/C19H21N5O2/c1-23(2)19-22-16-11-13(6-9-17(16)26-19)21-18(25)24(15-7-8-15)12-14-5-3-4-10-20-14/h3-6,9-11,15H,7-8,12H2,1-2H3,(H,21,25). The molecule has 1 aliphatic rings. The highest BCUT2D eigenvalue weighted by molar-refractivity contribution is 5.92. The Morgan fingerprint density at radius 3 is 2.81 bits per heavy atom. The summed E-state index contributed by atoms with van der Waals surface area (Å²) in [6.07, 6.45) is 3.82. The van der Waals surface area contributed by atoms with Crippen molar-refractivity contribution < 1.29 is 9.21 Å². The average Bonchev–Trinajstić information content (AvgIpc) is 3.38. The lowest BCUT2D eigenvalue weighted by molar-refractivity contribution is 0.205. The third-order valence-electron chi connectivity index (χ3n) is 4.32. The van der Waals surface area contributed by atoms with E-state index < -0.39 is 0 Å². The number of pyridine rings is 1. The summed E-state index contributed by atoms with van der Waals surface area (Å²) in [5.41, 5.74) is 3.00. The second-order valence-electron chi connectivity index (χ2n) is 6.68. The number of hydrogen-bond donors (Lipinski definition) is 1. The molecule has 26 heavy (non-hydrogen) atoms. The molecule has 1 fully saturated rings. The van der Waals surface area contributed by atoms with Crippen LogP contribution in [0, 0.1) is 0 Å². The number of carbonyl (C=O) groups is 1. The fourth-order valence-electron chi connectivity index (χ4n) is 2.80. The van der Waals surface area contributed by atoms with Crippen LogP contribution in [0.15, 0.2) is 47.0 Å². The van der Waals surface area contributed by atoms with E-state index in [-0.39, 0.29) is 12.1 Å². The van der Waals surface area contributed by atoms with Gasteiger partial charge < -0.3 is 19.5 Å². The number of oxazole rings is 1. The molecule has 4 rings (SSSR count). The van der Waals surface area contributed by atoms with Crippen molar-refractivity contribution in [3.05, 3.63) is 48.3 Å². The van der Waals surface area contributed by atoms with Crippen LogP contribution in [-0.4, -0.2) is 41.0 Å². The maximum absolute atomic E-state index is 12.8. The third kappa shape index (κ3) is 3.46. The van der Waals surface area contributed by atoms with Gasteiger partial charge in [0.05, 0.1) is 12.2 Å². The smallest absolute Gasteiger partial charge is 0.322 e. The first-order valence-electron chi connectivity index (χ1n) is 8.65. The van der Waals surface area contributed by atoms with Crippen LogP contribution in [0.25, 0.3) is 11.1 Å². The van der Waals surface area contributed by atoms with Crippen molar-refractivity contribution in [2.45, 2.75) is 25.4 Å². The molecule has 7 heteroatoms. The number of fused-ring (bicyclic) bond motifs is 1. The molecule has 0 aliphatic heterocycles. The van der Waals surface area contributed by atoms with Crippen molar-refractivity contribution in [3.63, 3.8) is 0 Å². The summed E-state index contributed by atoms with van der Waals surface area (Å²) in [4.78, 5) is 25.2. The number of nitrogens with one attached hydrogen (secondary N) is 1. The van der Waals surface area contributed by atoms with E-state index in [1.54, 1.807) is 11.1 Å². The SMILES string of the molecule is CN(C)c1nc2cc(NC(=O)N(Cc3ccccn3)C3CC3)ccc2o1. The van der Waals surface area contributed by atoms with Gasteiger partial charge in [-0.1, -0.05) is 6.07 Å². The van der Waals surface area contributed by atoms with Gasteiger partial charge in [0.25, 0.3) is 6.01 Å². The van der Waals surface area contributed by atoms with Gasteiger partial charge >= 0.3 is 6.03 Å². The minimum absolute atomic E-state index is 0.117. The molecular weight excluding hydrogens is 330 g/mol. The second kappa shape index (κ2) is 6.67. The predicted molar refractivity (Wildman–Crippen MR) is 100 cm³/mol. The summed E-state index contributed by atoms with van der Waals surface area (Å²) in [6, 6.07) is 11.9.